The van der Waals surface area contributed by atoms with E-state index in [1.54, 1.807) is 18.2 Å². The average molecular weight is 382 g/mol. The second-order valence-electron chi connectivity index (χ2n) is 6.24. The van der Waals surface area contributed by atoms with Crippen molar-refractivity contribution in [2.45, 2.75) is 25.9 Å². The standard InChI is InChI=1S/C21H20ClN3O2/c1-15(16-6-3-2-4-7-16)23-20(26)12-13-25-21(27)11-10-19(24-25)17-8-5-9-18(22)14-17/h2-11,14-15H,12-13H2,1H3,(H,23,26)/t15-/m1/s1. The van der Waals surface area contributed by atoms with Crippen molar-refractivity contribution >= 4 is 17.5 Å². The predicted octanol–water partition coefficient (Wildman–Crippen LogP) is 3.83. The molecule has 1 amide bonds. The van der Waals surface area contributed by atoms with E-state index in [-0.39, 0.29) is 30.5 Å². The minimum Gasteiger partial charge on any atom is -0.350 e. The van der Waals surface area contributed by atoms with Gasteiger partial charge in [0.2, 0.25) is 5.91 Å². The van der Waals surface area contributed by atoms with Gasteiger partial charge in [-0.2, -0.15) is 5.10 Å². The maximum absolute atomic E-state index is 12.2. The fourth-order valence-electron chi connectivity index (χ4n) is 2.76. The molecule has 0 aliphatic heterocycles. The Kier molecular flexibility index (Phi) is 6.04. The quantitative estimate of drug-likeness (QED) is 0.705. The molecule has 1 aromatic heterocycles. The second-order valence-corrected chi connectivity index (χ2v) is 6.68. The van der Waals surface area contributed by atoms with Crippen molar-refractivity contribution in [2.75, 3.05) is 0 Å². The lowest BCUT2D eigenvalue weighted by atomic mass is 10.1. The van der Waals surface area contributed by atoms with Crippen LogP contribution in [-0.2, 0) is 11.3 Å². The first-order chi connectivity index (χ1) is 13.0. The highest BCUT2D eigenvalue weighted by molar-refractivity contribution is 6.30. The van der Waals surface area contributed by atoms with Crippen molar-refractivity contribution in [3.05, 3.63) is 87.7 Å². The van der Waals surface area contributed by atoms with Gasteiger partial charge in [0.25, 0.3) is 5.56 Å². The van der Waals surface area contributed by atoms with Crippen molar-refractivity contribution in [1.29, 1.82) is 0 Å². The summed E-state index contributed by atoms with van der Waals surface area (Å²) >= 11 is 6.02. The summed E-state index contributed by atoms with van der Waals surface area (Å²) in [5, 5.41) is 7.90. The third-order valence-corrected chi connectivity index (χ3v) is 4.45. The summed E-state index contributed by atoms with van der Waals surface area (Å²) in [4.78, 5) is 24.3. The van der Waals surface area contributed by atoms with Crippen LogP contribution in [0.2, 0.25) is 5.02 Å². The Bertz CT molecular complexity index is 986. The van der Waals surface area contributed by atoms with Crippen molar-refractivity contribution in [1.82, 2.24) is 15.1 Å². The number of hydrogen-bond donors (Lipinski definition) is 1. The predicted molar refractivity (Wildman–Crippen MR) is 107 cm³/mol. The third-order valence-electron chi connectivity index (χ3n) is 4.21. The molecule has 1 N–H and O–H groups in total. The van der Waals surface area contributed by atoms with Crippen molar-refractivity contribution in [3.8, 4) is 11.3 Å². The Morgan fingerprint density at radius 1 is 1.11 bits per heavy atom. The first-order valence-corrected chi connectivity index (χ1v) is 9.09. The van der Waals surface area contributed by atoms with Gasteiger partial charge in [-0.1, -0.05) is 54.1 Å². The maximum Gasteiger partial charge on any atom is 0.266 e. The van der Waals surface area contributed by atoms with Gasteiger partial charge in [0.1, 0.15) is 0 Å². The number of rotatable bonds is 6. The first-order valence-electron chi connectivity index (χ1n) is 8.71. The number of carbonyl (C=O) groups excluding carboxylic acids is 1. The van der Waals surface area contributed by atoms with Crippen LogP contribution in [0.5, 0.6) is 0 Å². The van der Waals surface area contributed by atoms with Crippen molar-refractivity contribution in [2.24, 2.45) is 0 Å². The third kappa shape index (κ3) is 5.05. The van der Waals surface area contributed by atoms with Gasteiger partial charge in [-0.3, -0.25) is 9.59 Å². The van der Waals surface area contributed by atoms with Crippen LogP contribution >= 0.6 is 11.6 Å². The number of hydrogen-bond acceptors (Lipinski definition) is 3. The molecule has 0 spiro atoms. The smallest absolute Gasteiger partial charge is 0.266 e. The van der Waals surface area contributed by atoms with Crippen molar-refractivity contribution < 1.29 is 4.79 Å². The molecule has 0 radical (unpaired) electrons. The molecule has 5 nitrogen and oxygen atoms in total. The van der Waals surface area contributed by atoms with Gasteiger partial charge in [0.05, 0.1) is 18.3 Å². The molecule has 0 aliphatic rings. The van der Waals surface area contributed by atoms with Crippen LogP contribution in [0.3, 0.4) is 0 Å². The number of nitrogens with zero attached hydrogens (tertiary/aromatic N) is 2. The number of halogens is 1. The molecule has 3 rings (SSSR count). The van der Waals surface area contributed by atoms with Gasteiger partial charge in [0.15, 0.2) is 0 Å². The summed E-state index contributed by atoms with van der Waals surface area (Å²) < 4.78 is 1.31. The zero-order valence-corrected chi connectivity index (χ0v) is 15.7. The van der Waals surface area contributed by atoms with Crippen LogP contribution in [0, 0.1) is 0 Å². The van der Waals surface area contributed by atoms with Gasteiger partial charge in [-0.25, -0.2) is 4.68 Å². The summed E-state index contributed by atoms with van der Waals surface area (Å²) in [5.74, 6) is -0.131. The molecule has 0 fully saturated rings. The number of amides is 1. The highest BCUT2D eigenvalue weighted by Gasteiger charge is 2.10. The van der Waals surface area contributed by atoms with E-state index in [0.29, 0.717) is 10.7 Å². The highest BCUT2D eigenvalue weighted by Crippen LogP contribution is 2.19. The van der Waals surface area contributed by atoms with Crippen LogP contribution < -0.4 is 10.9 Å². The Morgan fingerprint density at radius 2 is 1.89 bits per heavy atom. The zero-order valence-electron chi connectivity index (χ0n) is 14.9. The van der Waals surface area contributed by atoms with Gasteiger partial charge in [-0.05, 0) is 30.7 Å². The van der Waals surface area contributed by atoms with E-state index < -0.39 is 0 Å². The topological polar surface area (TPSA) is 64.0 Å². The monoisotopic (exact) mass is 381 g/mol. The molecule has 0 unspecified atom stereocenters. The Balaban J connectivity index is 1.66. The maximum atomic E-state index is 12.2. The fraction of sp³-hybridized carbons (Fsp3) is 0.190. The minimum absolute atomic E-state index is 0.0961. The van der Waals surface area contributed by atoms with E-state index in [2.05, 4.69) is 10.4 Å². The largest absolute Gasteiger partial charge is 0.350 e. The van der Waals surface area contributed by atoms with E-state index in [9.17, 15) is 9.59 Å². The molecule has 2 aromatic carbocycles. The lowest BCUT2D eigenvalue weighted by Gasteiger charge is -2.14. The molecule has 0 saturated heterocycles. The lowest BCUT2D eigenvalue weighted by Crippen LogP contribution is -2.30. The summed E-state index contributed by atoms with van der Waals surface area (Å²) in [6.07, 6.45) is 0.170. The molecular formula is C21H20ClN3O2. The number of aryl methyl sites for hydroxylation is 1. The van der Waals surface area contributed by atoms with Crippen LogP contribution in [0.15, 0.2) is 71.5 Å². The second kappa shape index (κ2) is 8.64. The summed E-state index contributed by atoms with van der Waals surface area (Å²) in [7, 11) is 0. The summed E-state index contributed by atoms with van der Waals surface area (Å²) in [6.45, 7) is 2.14. The normalized spacial score (nSPS) is 11.8. The molecule has 3 aromatic rings. The van der Waals surface area contributed by atoms with E-state index >= 15 is 0 Å². The van der Waals surface area contributed by atoms with E-state index in [0.717, 1.165) is 11.1 Å². The van der Waals surface area contributed by atoms with E-state index in [4.69, 9.17) is 11.6 Å². The van der Waals surface area contributed by atoms with Crippen LogP contribution in [0.4, 0.5) is 0 Å². The Morgan fingerprint density at radius 3 is 2.63 bits per heavy atom. The molecule has 138 valence electrons. The molecule has 0 bridgehead atoms. The number of nitrogens with one attached hydrogen (secondary N) is 1. The Hall–Kier alpha value is -2.92. The Labute approximate surface area is 162 Å². The number of carbonyl (C=O) groups is 1. The van der Waals surface area contributed by atoms with E-state index in [1.807, 2.05) is 49.4 Å². The van der Waals surface area contributed by atoms with Gasteiger partial charge in [-0.15, -0.1) is 0 Å². The van der Waals surface area contributed by atoms with Gasteiger partial charge < -0.3 is 5.32 Å². The first kappa shape index (κ1) is 18.9. The molecular weight excluding hydrogens is 362 g/mol. The highest BCUT2D eigenvalue weighted by atomic mass is 35.5. The van der Waals surface area contributed by atoms with E-state index in [1.165, 1.54) is 10.7 Å². The van der Waals surface area contributed by atoms with Crippen molar-refractivity contribution in [3.63, 3.8) is 0 Å². The fourth-order valence-corrected chi connectivity index (χ4v) is 2.95. The zero-order chi connectivity index (χ0) is 19.2. The average Bonchev–Trinajstić information content (AvgIpc) is 2.68. The molecule has 27 heavy (non-hydrogen) atoms. The lowest BCUT2D eigenvalue weighted by molar-refractivity contribution is -0.122. The molecule has 1 heterocycles. The van der Waals surface area contributed by atoms with Gasteiger partial charge in [0, 0.05) is 23.1 Å². The summed E-state index contributed by atoms with van der Waals surface area (Å²) in [6, 6.07) is 20.0. The summed E-state index contributed by atoms with van der Waals surface area (Å²) in [5.41, 5.74) is 2.24. The molecule has 0 saturated carbocycles. The van der Waals surface area contributed by atoms with Gasteiger partial charge >= 0.3 is 0 Å². The van der Waals surface area contributed by atoms with Crippen LogP contribution in [0.1, 0.15) is 24.9 Å². The number of aromatic nitrogens is 2. The SMILES string of the molecule is C[C@@H](NC(=O)CCn1nc(-c2cccc(Cl)c2)ccc1=O)c1ccccc1. The molecule has 1 atom stereocenters. The minimum atomic E-state index is -0.246. The van der Waals surface area contributed by atoms with Crippen LogP contribution in [-0.4, -0.2) is 15.7 Å². The van der Waals surface area contributed by atoms with Crippen LogP contribution in [0.25, 0.3) is 11.3 Å². The number of benzene rings is 2. The molecule has 0 aliphatic carbocycles. The molecule has 6 heteroatoms.